The number of hydrogen-bond donors (Lipinski definition) is 0. The molecule has 2 atom stereocenters. The standard InChI is InChI=1S/C16H22FN5/c17-13-5-1-3-7-15(13)21-9-11-22(12-10-21)16-8-4-2-6-14(16)19-20-18/h1,3,5,7,14,16H,2,4,6,8-12H2/t14-,16-/m1/s1. The lowest BCUT2D eigenvalue weighted by Gasteiger charge is -2.43. The van der Waals surface area contributed by atoms with Crippen molar-refractivity contribution in [2.75, 3.05) is 31.1 Å². The van der Waals surface area contributed by atoms with E-state index in [1.807, 2.05) is 12.1 Å². The maximum atomic E-state index is 13.9. The van der Waals surface area contributed by atoms with Gasteiger partial charge in [-0.05, 0) is 30.5 Å². The zero-order valence-electron chi connectivity index (χ0n) is 12.7. The van der Waals surface area contributed by atoms with Crippen LogP contribution in [-0.4, -0.2) is 43.2 Å². The number of para-hydroxylation sites is 1. The molecule has 0 spiro atoms. The van der Waals surface area contributed by atoms with E-state index in [0.29, 0.717) is 11.7 Å². The van der Waals surface area contributed by atoms with Gasteiger partial charge in [-0.25, -0.2) is 4.39 Å². The second-order valence-corrected chi connectivity index (χ2v) is 6.10. The Morgan fingerprint density at radius 2 is 1.82 bits per heavy atom. The third kappa shape index (κ3) is 3.18. The highest BCUT2D eigenvalue weighted by molar-refractivity contribution is 5.48. The van der Waals surface area contributed by atoms with Crippen LogP contribution in [0.1, 0.15) is 25.7 Å². The molecule has 118 valence electrons. The number of anilines is 1. The van der Waals surface area contributed by atoms with Crippen LogP contribution < -0.4 is 4.90 Å². The summed E-state index contributed by atoms with van der Waals surface area (Å²) in [4.78, 5) is 7.55. The first kappa shape index (κ1) is 15.1. The van der Waals surface area contributed by atoms with Crippen LogP contribution in [0.3, 0.4) is 0 Å². The first-order valence-corrected chi connectivity index (χ1v) is 8.07. The number of halogens is 1. The molecule has 1 saturated heterocycles. The minimum Gasteiger partial charge on any atom is -0.367 e. The first-order chi connectivity index (χ1) is 10.8. The summed E-state index contributed by atoms with van der Waals surface area (Å²) in [5.74, 6) is -0.152. The molecule has 0 radical (unpaired) electrons. The molecule has 1 aliphatic carbocycles. The first-order valence-electron chi connectivity index (χ1n) is 8.07. The number of hydrogen-bond acceptors (Lipinski definition) is 3. The zero-order chi connectivity index (χ0) is 15.4. The second kappa shape index (κ2) is 6.99. The fourth-order valence-electron chi connectivity index (χ4n) is 3.72. The fourth-order valence-corrected chi connectivity index (χ4v) is 3.72. The molecule has 2 aliphatic rings. The summed E-state index contributed by atoms with van der Waals surface area (Å²) in [6, 6.07) is 7.41. The number of nitrogens with zero attached hydrogens (tertiary/aromatic N) is 5. The molecule has 1 heterocycles. The van der Waals surface area contributed by atoms with Gasteiger partial charge in [0.2, 0.25) is 0 Å². The van der Waals surface area contributed by atoms with Crippen LogP contribution in [0.4, 0.5) is 10.1 Å². The lowest BCUT2D eigenvalue weighted by molar-refractivity contribution is 0.130. The molecule has 1 aromatic rings. The highest BCUT2D eigenvalue weighted by atomic mass is 19.1. The molecular formula is C16H22FN5. The molecule has 0 N–H and O–H groups in total. The molecule has 0 unspecified atom stereocenters. The van der Waals surface area contributed by atoms with Gasteiger partial charge >= 0.3 is 0 Å². The Hall–Kier alpha value is -1.78. The van der Waals surface area contributed by atoms with Crippen LogP contribution >= 0.6 is 0 Å². The number of azide groups is 1. The van der Waals surface area contributed by atoms with Crippen molar-refractivity contribution in [1.82, 2.24) is 4.90 Å². The molecule has 0 bridgehead atoms. The summed E-state index contributed by atoms with van der Waals surface area (Å²) in [6.07, 6.45) is 4.44. The maximum Gasteiger partial charge on any atom is 0.146 e. The topological polar surface area (TPSA) is 55.2 Å². The van der Waals surface area contributed by atoms with Crippen molar-refractivity contribution in [3.05, 3.63) is 40.5 Å². The Balaban J connectivity index is 1.63. The molecule has 5 nitrogen and oxygen atoms in total. The number of benzene rings is 1. The Bertz CT molecular complexity index is 549. The molecular weight excluding hydrogens is 281 g/mol. The minimum atomic E-state index is -0.152. The largest absolute Gasteiger partial charge is 0.367 e. The summed E-state index contributed by atoms with van der Waals surface area (Å²) in [7, 11) is 0. The SMILES string of the molecule is [N-]=[N+]=N[C@@H]1CCCC[C@H]1N1CCN(c2ccccc2F)CC1. The molecule has 2 fully saturated rings. The third-order valence-corrected chi connectivity index (χ3v) is 4.87. The highest BCUT2D eigenvalue weighted by Crippen LogP contribution is 2.28. The van der Waals surface area contributed by atoms with Crippen LogP contribution in [0.5, 0.6) is 0 Å². The maximum absolute atomic E-state index is 13.9. The molecule has 3 rings (SSSR count). The predicted octanol–water partition coefficient (Wildman–Crippen LogP) is 3.57. The molecule has 0 amide bonds. The summed E-state index contributed by atoms with van der Waals surface area (Å²) in [6.45, 7) is 3.44. The van der Waals surface area contributed by atoms with Gasteiger partial charge in [-0.2, -0.15) is 0 Å². The molecule has 1 aromatic carbocycles. The Kier molecular flexibility index (Phi) is 4.80. The van der Waals surface area contributed by atoms with Crippen molar-refractivity contribution >= 4 is 5.69 Å². The number of rotatable bonds is 3. The highest BCUT2D eigenvalue weighted by Gasteiger charge is 2.31. The van der Waals surface area contributed by atoms with E-state index >= 15 is 0 Å². The Morgan fingerprint density at radius 1 is 1.09 bits per heavy atom. The van der Waals surface area contributed by atoms with Gasteiger partial charge in [-0.3, -0.25) is 4.90 Å². The monoisotopic (exact) mass is 303 g/mol. The van der Waals surface area contributed by atoms with E-state index < -0.39 is 0 Å². The van der Waals surface area contributed by atoms with Gasteiger partial charge < -0.3 is 4.90 Å². The van der Waals surface area contributed by atoms with E-state index in [1.54, 1.807) is 6.07 Å². The Morgan fingerprint density at radius 3 is 2.55 bits per heavy atom. The van der Waals surface area contributed by atoms with Crippen LogP contribution in [-0.2, 0) is 0 Å². The van der Waals surface area contributed by atoms with E-state index in [2.05, 4.69) is 19.8 Å². The lowest BCUT2D eigenvalue weighted by Crippen LogP contribution is -2.54. The van der Waals surface area contributed by atoms with Crippen molar-refractivity contribution in [3.63, 3.8) is 0 Å². The van der Waals surface area contributed by atoms with Gasteiger partial charge in [0, 0.05) is 37.1 Å². The van der Waals surface area contributed by atoms with Gasteiger partial charge in [-0.1, -0.05) is 30.1 Å². The van der Waals surface area contributed by atoms with E-state index in [1.165, 1.54) is 12.5 Å². The zero-order valence-corrected chi connectivity index (χ0v) is 12.7. The van der Waals surface area contributed by atoms with Crippen LogP contribution in [0, 0.1) is 5.82 Å². The normalized spacial score (nSPS) is 26.5. The second-order valence-electron chi connectivity index (χ2n) is 6.10. The summed E-state index contributed by atoms with van der Waals surface area (Å²) >= 11 is 0. The van der Waals surface area contributed by atoms with Crippen LogP contribution in [0.15, 0.2) is 29.4 Å². The predicted molar refractivity (Wildman–Crippen MR) is 85.4 cm³/mol. The summed E-state index contributed by atoms with van der Waals surface area (Å²) in [5, 5.41) is 4.00. The average Bonchev–Trinajstić information content (AvgIpc) is 2.56. The summed E-state index contributed by atoms with van der Waals surface area (Å²) < 4.78 is 13.9. The molecule has 1 aliphatic heterocycles. The van der Waals surface area contributed by atoms with Crippen molar-refractivity contribution in [3.8, 4) is 0 Å². The van der Waals surface area contributed by atoms with Gasteiger partial charge in [0.25, 0.3) is 0 Å². The van der Waals surface area contributed by atoms with E-state index in [-0.39, 0.29) is 11.9 Å². The van der Waals surface area contributed by atoms with Crippen molar-refractivity contribution in [1.29, 1.82) is 0 Å². The van der Waals surface area contributed by atoms with Crippen molar-refractivity contribution < 1.29 is 4.39 Å². The summed E-state index contributed by atoms with van der Waals surface area (Å²) in [5.41, 5.74) is 9.44. The van der Waals surface area contributed by atoms with Gasteiger partial charge in [-0.15, -0.1) is 0 Å². The fraction of sp³-hybridized carbons (Fsp3) is 0.625. The van der Waals surface area contributed by atoms with Gasteiger partial charge in [0.15, 0.2) is 0 Å². The number of piperazine rings is 1. The Labute approximate surface area is 130 Å². The minimum absolute atomic E-state index is 0.0961. The molecule has 6 heteroatoms. The average molecular weight is 303 g/mol. The molecule has 1 saturated carbocycles. The van der Waals surface area contributed by atoms with E-state index in [0.717, 1.165) is 45.4 Å². The third-order valence-electron chi connectivity index (χ3n) is 4.87. The van der Waals surface area contributed by atoms with E-state index in [9.17, 15) is 4.39 Å². The smallest absolute Gasteiger partial charge is 0.146 e. The van der Waals surface area contributed by atoms with Crippen LogP contribution in [0.2, 0.25) is 0 Å². The molecule has 22 heavy (non-hydrogen) atoms. The van der Waals surface area contributed by atoms with Gasteiger partial charge in [0.1, 0.15) is 5.82 Å². The quantitative estimate of drug-likeness (QED) is 0.487. The van der Waals surface area contributed by atoms with Crippen LogP contribution in [0.25, 0.3) is 10.4 Å². The molecule has 0 aromatic heterocycles. The van der Waals surface area contributed by atoms with Crippen molar-refractivity contribution in [2.24, 2.45) is 5.11 Å². The lowest BCUT2D eigenvalue weighted by atomic mass is 9.89. The van der Waals surface area contributed by atoms with E-state index in [4.69, 9.17) is 5.53 Å². The van der Waals surface area contributed by atoms with Crippen molar-refractivity contribution in [2.45, 2.75) is 37.8 Å². The van der Waals surface area contributed by atoms with Gasteiger partial charge in [0.05, 0.1) is 11.7 Å².